The fourth-order valence-electron chi connectivity index (χ4n) is 2.80. The summed E-state index contributed by atoms with van der Waals surface area (Å²) >= 11 is 0. The number of rotatable bonds is 3. The number of hydrogen-bond acceptors (Lipinski definition) is 2. The van der Waals surface area contributed by atoms with Crippen LogP contribution in [0.2, 0.25) is 0 Å². The Kier molecular flexibility index (Phi) is 3.84. The monoisotopic (exact) mass is 290 g/mol. The van der Waals surface area contributed by atoms with Gasteiger partial charge in [0, 0.05) is 5.92 Å². The lowest BCUT2D eigenvalue weighted by Gasteiger charge is -2.21. The normalized spacial score (nSPS) is 10.8. The number of phenols is 2. The van der Waals surface area contributed by atoms with E-state index in [-0.39, 0.29) is 17.4 Å². The van der Waals surface area contributed by atoms with Gasteiger partial charge in [-0.15, -0.1) is 0 Å². The van der Waals surface area contributed by atoms with Crippen LogP contribution in [-0.4, -0.2) is 10.2 Å². The number of aromatic hydroxyl groups is 2. The van der Waals surface area contributed by atoms with E-state index in [2.05, 4.69) is 19.1 Å². The molecule has 2 N–H and O–H groups in total. The summed E-state index contributed by atoms with van der Waals surface area (Å²) in [4.78, 5) is 0. The summed E-state index contributed by atoms with van der Waals surface area (Å²) in [5.74, 6) is 0.596. The average Bonchev–Trinajstić information content (AvgIpc) is 2.53. The first-order chi connectivity index (χ1) is 10.6. The summed E-state index contributed by atoms with van der Waals surface area (Å²) in [6.45, 7) is 2.10. The summed E-state index contributed by atoms with van der Waals surface area (Å²) < 4.78 is 0. The van der Waals surface area contributed by atoms with Crippen molar-refractivity contribution in [2.45, 2.75) is 12.8 Å². The summed E-state index contributed by atoms with van der Waals surface area (Å²) in [7, 11) is 0. The molecule has 110 valence electrons. The Bertz CT molecular complexity index is 713. The van der Waals surface area contributed by atoms with Gasteiger partial charge in [-0.05, 0) is 53.4 Å². The minimum absolute atomic E-state index is 0.0717. The molecule has 0 unspecified atom stereocenters. The smallest absolute Gasteiger partial charge is 0.115 e. The van der Waals surface area contributed by atoms with Gasteiger partial charge < -0.3 is 10.2 Å². The largest absolute Gasteiger partial charge is 0.508 e. The highest BCUT2D eigenvalue weighted by molar-refractivity contribution is 5.47. The molecule has 0 radical (unpaired) electrons. The lowest BCUT2D eigenvalue weighted by atomic mass is 9.83. The van der Waals surface area contributed by atoms with E-state index in [1.807, 2.05) is 36.4 Å². The Balaban J connectivity index is 2.16. The van der Waals surface area contributed by atoms with Crippen molar-refractivity contribution < 1.29 is 10.2 Å². The van der Waals surface area contributed by atoms with Crippen LogP contribution < -0.4 is 0 Å². The van der Waals surface area contributed by atoms with E-state index in [1.54, 1.807) is 24.3 Å². The van der Waals surface area contributed by atoms with E-state index in [0.717, 1.165) is 11.1 Å². The standard InChI is InChI=1S/C20H18O2/c1-14-4-2-3-5-19(14)20(15-6-10-17(21)11-7-15)16-8-12-18(22)13-9-16/h2-13,20-22H,1H3. The summed E-state index contributed by atoms with van der Waals surface area (Å²) in [5.41, 5.74) is 4.66. The fourth-order valence-corrected chi connectivity index (χ4v) is 2.80. The van der Waals surface area contributed by atoms with Crippen molar-refractivity contribution in [3.8, 4) is 11.5 Å². The second-order valence-electron chi connectivity index (χ2n) is 5.47. The average molecular weight is 290 g/mol. The lowest BCUT2D eigenvalue weighted by molar-refractivity contribution is 0.475. The number of benzene rings is 3. The Labute approximate surface area is 130 Å². The minimum atomic E-state index is 0.0717. The van der Waals surface area contributed by atoms with E-state index >= 15 is 0 Å². The molecule has 0 saturated heterocycles. The number of phenolic OH excluding ortho intramolecular Hbond substituents is 2. The van der Waals surface area contributed by atoms with Gasteiger partial charge in [-0.25, -0.2) is 0 Å². The highest BCUT2D eigenvalue weighted by Crippen LogP contribution is 2.34. The van der Waals surface area contributed by atoms with Gasteiger partial charge >= 0.3 is 0 Å². The van der Waals surface area contributed by atoms with Gasteiger partial charge in [0.15, 0.2) is 0 Å². The van der Waals surface area contributed by atoms with Gasteiger partial charge in [0.25, 0.3) is 0 Å². The Morgan fingerprint density at radius 2 is 1.09 bits per heavy atom. The lowest BCUT2D eigenvalue weighted by Crippen LogP contribution is -2.05. The van der Waals surface area contributed by atoms with Crippen LogP contribution in [0.25, 0.3) is 0 Å². The van der Waals surface area contributed by atoms with Crippen molar-refractivity contribution in [3.05, 3.63) is 95.1 Å². The Morgan fingerprint density at radius 1 is 0.636 bits per heavy atom. The van der Waals surface area contributed by atoms with E-state index < -0.39 is 0 Å². The van der Waals surface area contributed by atoms with Crippen LogP contribution in [0.5, 0.6) is 11.5 Å². The quantitative estimate of drug-likeness (QED) is 0.693. The van der Waals surface area contributed by atoms with Crippen molar-refractivity contribution in [2.75, 3.05) is 0 Å². The van der Waals surface area contributed by atoms with E-state index in [0.29, 0.717) is 0 Å². The first kappa shape index (κ1) is 14.2. The molecule has 3 aromatic carbocycles. The molecule has 0 aliphatic carbocycles. The molecule has 0 bridgehead atoms. The van der Waals surface area contributed by atoms with Crippen LogP contribution in [0.4, 0.5) is 0 Å². The van der Waals surface area contributed by atoms with Gasteiger partial charge in [0.05, 0.1) is 0 Å². The molecule has 0 heterocycles. The molecule has 0 aliphatic heterocycles. The van der Waals surface area contributed by atoms with E-state index in [1.165, 1.54) is 11.1 Å². The topological polar surface area (TPSA) is 40.5 Å². The zero-order valence-corrected chi connectivity index (χ0v) is 12.4. The van der Waals surface area contributed by atoms with Crippen molar-refractivity contribution in [1.82, 2.24) is 0 Å². The van der Waals surface area contributed by atoms with Crippen LogP contribution in [0, 0.1) is 6.92 Å². The highest BCUT2D eigenvalue weighted by Gasteiger charge is 2.18. The zero-order valence-electron chi connectivity index (χ0n) is 12.4. The molecule has 0 saturated carbocycles. The number of aryl methyl sites for hydroxylation is 1. The molecule has 2 heteroatoms. The molecule has 0 aromatic heterocycles. The zero-order chi connectivity index (χ0) is 15.5. The summed E-state index contributed by atoms with van der Waals surface area (Å²) in [5, 5.41) is 19.1. The molecule has 0 fully saturated rings. The highest BCUT2D eigenvalue weighted by atomic mass is 16.3. The Morgan fingerprint density at radius 3 is 1.55 bits per heavy atom. The molecule has 0 spiro atoms. The molecule has 22 heavy (non-hydrogen) atoms. The first-order valence-electron chi connectivity index (χ1n) is 7.28. The van der Waals surface area contributed by atoms with Crippen LogP contribution in [0.15, 0.2) is 72.8 Å². The van der Waals surface area contributed by atoms with E-state index in [4.69, 9.17) is 0 Å². The molecule has 0 atom stereocenters. The maximum Gasteiger partial charge on any atom is 0.115 e. The molecule has 2 nitrogen and oxygen atoms in total. The summed E-state index contributed by atoms with van der Waals surface area (Å²) in [6.07, 6.45) is 0. The third-order valence-corrected chi connectivity index (χ3v) is 3.95. The molecule has 3 rings (SSSR count). The Hall–Kier alpha value is -2.74. The van der Waals surface area contributed by atoms with E-state index in [9.17, 15) is 10.2 Å². The molecule has 3 aromatic rings. The van der Waals surface area contributed by atoms with Crippen molar-refractivity contribution in [2.24, 2.45) is 0 Å². The number of hydrogen-bond donors (Lipinski definition) is 2. The van der Waals surface area contributed by atoms with Crippen molar-refractivity contribution >= 4 is 0 Å². The second-order valence-corrected chi connectivity index (χ2v) is 5.47. The fraction of sp³-hybridized carbons (Fsp3) is 0.100. The third-order valence-electron chi connectivity index (χ3n) is 3.95. The van der Waals surface area contributed by atoms with Crippen LogP contribution >= 0.6 is 0 Å². The first-order valence-corrected chi connectivity index (χ1v) is 7.28. The van der Waals surface area contributed by atoms with Crippen LogP contribution in [0.3, 0.4) is 0 Å². The molecule has 0 amide bonds. The third kappa shape index (κ3) is 2.82. The molecule has 0 aliphatic rings. The minimum Gasteiger partial charge on any atom is -0.508 e. The predicted octanol–water partition coefficient (Wildman–Crippen LogP) is 4.59. The van der Waals surface area contributed by atoms with Crippen molar-refractivity contribution in [1.29, 1.82) is 0 Å². The SMILES string of the molecule is Cc1ccccc1C(c1ccc(O)cc1)c1ccc(O)cc1. The maximum absolute atomic E-state index is 9.54. The van der Waals surface area contributed by atoms with Crippen molar-refractivity contribution in [3.63, 3.8) is 0 Å². The summed E-state index contributed by atoms with van der Waals surface area (Å²) in [6, 6.07) is 22.9. The predicted molar refractivity (Wildman–Crippen MR) is 88.3 cm³/mol. The van der Waals surface area contributed by atoms with Gasteiger partial charge in [0.2, 0.25) is 0 Å². The maximum atomic E-state index is 9.54. The molecular formula is C20H18O2. The van der Waals surface area contributed by atoms with Gasteiger partial charge in [0.1, 0.15) is 11.5 Å². The van der Waals surface area contributed by atoms with Crippen LogP contribution in [0.1, 0.15) is 28.2 Å². The second kappa shape index (κ2) is 5.94. The van der Waals surface area contributed by atoms with Gasteiger partial charge in [-0.2, -0.15) is 0 Å². The van der Waals surface area contributed by atoms with Crippen LogP contribution in [-0.2, 0) is 0 Å². The van der Waals surface area contributed by atoms with Gasteiger partial charge in [-0.3, -0.25) is 0 Å². The molecular weight excluding hydrogens is 272 g/mol. The van der Waals surface area contributed by atoms with Gasteiger partial charge in [-0.1, -0.05) is 48.5 Å².